The standard InChI is InChI=1S/C61H68N4O13/c1-4-33-75-61-55(64(39-43-17-13-16-41-14-5-6-18-47(41)43)56(68)30-23-40-21-24-44(25-22-40)65(70)71)38-52(63-78-57-20-9-12-34-74-57)49-35-42(15-7-10-31-66)48(19-8-11-32-67)58(59(49)61)50-36-46(27-29-53(50)77-61)76-60(69)62-51-28-26-45(72-2)37-54(51)73-3/h4-6,13-14,16-18,21-30,35-37,42,48,55,57-59,66-67H,1,7-12,15,19-20,31-34,38-39H2,2-3H3,(H,62,69)/t42-,48+,55-,57?,58+,59+,61+/m0/s1. The van der Waals surface area contributed by atoms with E-state index in [1.807, 2.05) is 48.5 Å². The van der Waals surface area contributed by atoms with Crippen LogP contribution < -0.4 is 24.3 Å². The quantitative estimate of drug-likeness (QED) is 0.0183. The maximum atomic E-state index is 15.6. The number of aliphatic hydroxyl groups is 2. The van der Waals surface area contributed by atoms with Crippen LogP contribution in [0.4, 0.5) is 16.2 Å². The second kappa shape index (κ2) is 25.7. The molecule has 0 radical (unpaired) electrons. The van der Waals surface area contributed by atoms with E-state index in [1.165, 1.54) is 25.3 Å². The number of hydrogen-bond acceptors (Lipinski definition) is 14. The number of amides is 2. The molecule has 410 valence electrons. The van der Waals surface area contributed by atoms with E-state index >= 15 is 4.79 Å². The van der Waals surface area contributed by atoms with E-state index in [0.29, 0.717) is 72.9 Å². The number of allylic oxidation sites excluding steroid dienone is 1. The van der Waals surface area contributed by atoms with E-state index in [2.05, 4.69) is 18.0 Å². The maximum absolute atomic E-state index is 15.6. The number of nitro benzene ring substituents is 1. The van der Waals surface area contributed by atoms with E-state index in [-0.39, 0.29) is 62.0 Å². The molecule has 3 N–H and O–H groups in total. The lowest BCUT2D eigenvalue weighted by Gasteiger charge is -2.60. The third-order valence-corrected chi connectivity index (χ3v) is 15.3. The van der Waals surface area contributed by atoms with E-state index in [4.69, 9.17) is 38.4 Å². The normalized spacial score (nSPS) is 22.8. The molecule has 5 aromatic carbocycles. The van der Waals surface area contributed by atoms with Crippen LogP contribution >= 0.6 is 0 Å². The van der Waals surface area contributed by atoms with Crippen molar-refractivity contribution in [2.75, 3.05) is 46.0 Å². The number of oxime groups is 1. The Balaban J connectivity index is 1.23. The number of nitrogens with one attached hydrogen (secondary N) is 1. The minimum Gasteiger partial charge on any atom is -0.497 e. The Morgan fingerprint density at radius 1 is 0.923 bits per heavy atom. The summed E-state index contributed by atoms with van der Waals surface area (Å²) in [5, 5.41) is 41.6. The highest BCUT2D eigenvalue weighted by Gasteiger charge is 2.65. The van der Waals surface area contributed by atoms with Crippen molar-refractivity contribution in [3.8, 4) is 23.0 Å². The molecule has 9 rings (SSSR count). The summed E-state index contributed by atoms with van der Waals surface area (Å²) in [6, 6.07) is 29.4. The highest BCUT2D eigenvalue weighted by molar-refractivity contribution is 6.03. The number of hydrogen-bond donors (Lipinski definition) is 3. The summed E-state index contributed by atoms with van der Waals surface area (Å²) in [7, 11) is 3.03. The smallest absolute Gasteiger partial charge is 0.417 e. The van der Waals surface area contributed by atoms with Gasteiger partial charge < -0.3 is 48.4 Å². The molecule has 17 heteroatoms. The number of aliphatic hydroxyl groups excluding tert-OH is 2. The Labute approximate surface area is 454 Å². The molecule has 2 heterocycles. The number of unbranched alkanes of at least 4 members (excludes halogenated alkanes) is 2. The maximum Gasteiger partial charge on any atom is 0.417 e. The summed E-state index contributed by atoms with van der Waals surface area (Å²) in [5.74, 6) is -1.71. The lowest BCUT2D eigenvalue weighted by molar-refractivity contribution is -0.384. The van der Waals surface area contributed by atoms with E-state index in [9.17, 15) is 25.1 Å². The van der Waals surface area contributed by atoms with Crippen molar-refractivity contribution in [2.45, 2.75) is 94.8 Å². The van der Waals surface area contributed by atoms with Gasteiger partial charge in [-0.15, -0.1) is 6.58 Å². The van der Waals surface area contributed by atoms with Crippen LogP contribution in [0.1, 0.15) is 86.8 Å². The zero-order valence-electron chi connectivity index (χ0n) is 44.1. The Morgan fingerprint density at radius 2 is 1.71 bits per heavy atom. The number of non-ortho nitro benzene ring substituents is 1. The van der Waals surface area contributed by atoms with Gasteiger partial charge in [0.25, 0.3) is 5.69 Å². The molecule has 7 atom stereocenters. The number of carbonyl (C=O) groups excluding carboxylic acids is 2. The van der Waals surface area contributed by atoms with E-state index in [0.717, 1.165) is 53.2 Å². The fourth-order valence-electron chi connectivity index (χ4n) is 11.7. The highest BCUT2D eigenvalue weighted by atomic mass is 16.8. The third-order valence-electron chi connectivity index (χ3n) is 15.3. The fourth-order valence-corrected chi connectivity index (χ4v) is 11.7. The summed E-state index contributed by atoms with van der Waals surface area (Å²) in [6.07, 6.45) is 12.2. The Kier molecular flexibility index (Phi) is 18.2. The molecule has 78 heavy (non-hydrogen) atoms. The minimum atomic E-state index is -1.63. The molecule has 2 aliphatic heterocycles. The molecule has 2 fully saturated rings. The number of nitro groups is 1. The lowest BCUT2D eigenvalue weighted by Crippen LogP contribution is -2.70. The van der Waals surface area contributed by atoms with Crippen molar-refractivity contribution in [3.05, 3.63) is 160 Å². The van der Waals surface area contributed by atoms with Crippen LogP contribution in [0.5, 0.6) is 23.0 Å². The van der Waals surface area contributed by atoms with Crippen molar-refractivity contribution in [2.24, 2.45) is 22.9 Å². The first-order chi connectivity index (χ1) is 38.1. The van der Waals surface area contributed by atoms with Gasteiger partial charge in [0, 0.05) is 68.4 Å². The molecule has 5 aromatic rings. The van der Waals surface area contributed by atoms with Gasteiger partial charge in [-0.3, -0.25) is 20.2 Å². The van der Waals surface area contributed by atoms with Crippen LogP contribution in [-0.4, -0.2) is 96.5 Å². The highest BCUT2D eigenvalue weighted by Crippen LogP contribution is 2.62. The summed E-state index contributed by atoms with van der Waals surface area (Å²) in [5.41, 5.74) is 3.90. The van der Waals surface area contributed by atoms with Gasteiger partial charge in [-0.1, -0.05) is 72.6 Å². The number of methoxy groups -OCH3 is 2. The molecular formula is C61H68N4O13. The molecule has 4 aliphatic rings. The van der Waals surface area contributed by atoms with E-state index < -0.39 is 41.0 Å². The summed E-state index contributed by atoms with van der Waals surface area (Å²) < 4.78 is 37.8. The Hall–Kier alpha value is -7.57. The number of ether oxygens (including phenoxy) is 6. The largest absolute Gasteiger partial charge is 0.497 e. The number of rotatable bonds is 23. The number of benzene rings is 5. The van der Waals surface area contributed by atoms with Gasteiger partial charge in [0.2, 0.25) is 18.0 Å². The summed E-state index contributed by atoms with van der Waals surface area (Å²) in [4.78, 5) is 48.7. The first-order valence-electron chi connectivity index (χ1n) is 26.8. The number of carbonyl (C=O) groups is 2. The van der Waals surface area contributed by atoms with Gasteiger partial charge in [-0.2, -0.15) is 0 Å². The molecule has 1 saturated carbocycles. The zero-order chi connectivity index (χ0) is 54.6. The van der Waals surface area contributed by atoms with Crippen molar-refractivity contribution < 1.29 is 58.0 Å². The van der Waals surface area contributed by atoms with Gasteiger partial charge in [0.1, 0.15) is 29.0 Å². The van der Waals surface area contributed by atoms with Crippen LogP contribution in [0.15, 0.2) is 139 Å². The second-order valence-corrected chi connectivity index (χ2v) is 20.0. The SMILES string of the molecule is C=CCO[C@@]12Oc3ccc(OC(=O)Nc4ccc(OC)cc4OC)cc3[C@H]3[C@H](CCCCO)[C@@H](CCCCO)C=C(C(=NOC4CCCCO4)C[C@@H]1N(Cc1cccc4ccccc14)C(=O)C=Cc1ccc([N+](=O)[O-])cc1)[C@H]32. The van der Waals surface area contributed by atoms with Gasteiger partial charge >= 0.3 is 6.09 Å². The average Bonchev–Trinajstić information content (AvgIpc) is 2.81. The molecule has 1 unspecified atom stereocenters. The van der Waals surface area contributed by atoms with Gasteiger partial charge in [-0.25, -0.2) is 4.79 Å². The average molecular weight is 1070 g/mol. The summed E-state index contributed by atoms with van der Waals surface area (Å²) >= 11 is 0. The third kappa shape index (κ3) is 12.2. The van der Waals surface area contributed by atoms with Crippen molar-refractivity contribution in [3.63, 3.8) is 0 Å². The number of nitrogens with zero attached hydrogens (tertiary/aromatic N) is 3. The lowest BCUT2D eigenvalue weighted by atomic mass is 9.55. The van der Waals surface area contributed by atoms with Crippen molar-refractivity contribution in [1.29, 1.82) is 0 Å². The topological polar surface area (TPSA) is 210 Å². The van der Waals surface area contributed by atoms with Gasteiger partial charge in [0.15, 0.2) is 0 Å². The minimum absolute atomic E-state index is 0.00728. The van der Waals surface area contributed by atoms with Crippen LogP contribution in [0, 0.1) is 27.9 Å². The first-order valence-corrected chi connectivity index (χ1v) is 26.8. The molecular weight excluding hydrogens is 997 g/mol. The molecule has 17 nitrogen and oxygen atoms in total. The molecule has 1 saturated heterocycles. The van der Waals surface area contributed by atoms with Crippen molar-refractivity contribution in [1.82, 2.24) is 4.90 Å². The predicted octanol–water partition coefficient (Wildman–Crippen LogP) is 11.3. The Bertz CT molecular complexity index is 3020. The number of fused-ring (bicyclic) bond motifs is 3. The zero-order valence-corrected chi connectivity index (χ0v) is 44.1. The second-order valence-electron chi connectivity index (χ2n) is 20.0. The monoisotopic (exact) mass is 1060 g/mol. The molecule has 2 amide bonds. The Morgan fingerprint density at radius 3 is 2.45 bits per heavy atom. The predicted molar refractivity (Wildman–Crippen MR) is 295 cm³/mol. The molecule has 0 spiro atoms. The van der Waals surface area contributed by atoms with Crippen LogP contribution in [-0.2, 0) is 25.7 Å². The van der Waals surface area contributed by atoms with Crippen molar-refractivity contribution >= 4 is 45.9 Å². The summed E-state index contributed by atoms with van der Waals surface area (Å²) in [6.45, 7) is 4.79. The molecule has 0 bridgehead atoms. The number of anilines is 1. The molecule has 0 aromatic heterocycles. The van der Waals surface area contributed by atoms with Gasteiger partial charge in [-0.05, 0) is 126 Å². The fraction of sp³-hybridized carbons (Fsp3) is 0.393. The van der Waals surface area contributed by atoms with Gasteiger partial charge in [0.05, 0.1) is 49.7 Å². The van der Waals surface area contributed by atoms with Crippen LogP contribution in [0.2, 0.25) is 0 Å². The van der Waals surface area contributed by atoms with Crippen LogP contribution in [0.3, 0.4) is 0 Å². The van der Waals surface area contributed by atoms with E-state index in [1.54, 1.807) is 66.6 Å². The van der Waals surface area contributed by atoms with Crippen LogP contribution in [0.25, 0.3) is 16.8 Å². The first kappa shape index (κ1) is 55.2. The molecule has 2 aliphatic carbocycles.